The monoisotopic (exact) mass is 806 g/mol. The number of hydrogen-bond acceptors (Lipinski definition) is 8. The second kappa shape index (κ2) is 15.6. The van der Waals surface area contributed by atoms with Crippen molar-refractivity contribution >= 4 is 40.7 Å². The summed E-state index contributed by atoms with van der Waals surface area (Å²) < 4.78 is 60.6. The van der Waals surface area contributed by atoms with E-state index in [2.05, 4.69) is 32.6 Å². The highest BCUT2D eigenvalue weighted by atomic mass is 19.4. The van der Waals surface area contributed by atoms with Crippen molar-refractivity contribution < 1.29 is 36.7 Å². The molecule has 0 aliphatic carbocycles. The summed E-state index contributed by atoms with van der Waals surface area (Å²) >= 11 is 0. The zero-order chi connectivity index (χ0) is 41.6. The number of nitrogens with zero attached hydrogens (tertiary/aromatic N) is 6. The number of imide groups is 1. The molecular formula is C43H38F4N8O4. The first-order valence-corrected chi connectivity index (χ1v) is 19.1. The van der Waals surface area contributed by atoms with Crippen LogP contribution in [0.3, 0.4) is 0 Å². The fraction of sp³-hybridized carbons (Fsp3) is 0.302. The molecule has 0 spiro atoms. The van der Waals surface area contributed by atoms with Crippen molar-refractivity contribution in [3.8, 4) is 11.8 Å². The summed E-state index contributed by atoms with van der Waals surface area (Å²) in [5.74, 6) is 3.51. The Morgan fingerprint density at radius 2 is 1.81 bits per heavy atom. The minimum absolute atomic E-state index is 0.00119. The maximum Gasteiger partial charge on any atom is 0.418 e. The SMILES string of the molecule is Cc1ccc(C(=O)Nc2ccc(N3CCC(N(C)Cc4cc5c(cc4F)C(=O)N(C4CCC(=O)NC4=O)C5)CC3)c(C(F)(F)F)c2)cc1C#Cc1cnc2cccnn12. The van der Waals surface area contributed by atoms with E-state index in [0.717, 1.165) is 11.6 Å². The van der Waals surface area contributed by atoms with Gasteiger partial charge in [-0.3, -0.25) is 29.4 Å². The second-order valence-corrected chi connectivity index (χ2v) is 15.0. The summed E-state index contributed by atoms with van der Waals surface area (Å²) in [5.41, 5.74) is 3.03. The normalized spacial score (nSPS) is 17.3. The minimum Gasteiger partial charge on any atom is -0.371 e. The molecule has 2 aromatic heterocycles. The average Bonchev–Trinajstić information content (AvgIpc) is 3.77. The predicted molar refractivity (Wildman–Crippen MR) is 209 cm³/mol. The van der Waals surface area contributed by atoms with Gasteiger partial charge in [-0.2, -0.15) is 18.3 Å². The Morgan fingerprint density at radius 3 is 2.58 bits per heavy atom. The van der Waals surface area contributed by atoms with Crippen molar-refractivity contribution in [2.45, 2.75) is 64.0 Å². The van der Waals surface area contributed by atoms with Crippen LogP contribution in [0.5, 0.6) is 0 Å². The number of rotatable bonds is 7. The van der Waals surface area contributed by atoms with Gasteiger partial charge in [0.05, 0.1) is 11.8 Å². The number of anilines is 2. The smallest absolute Gasteiger partial charge is 0.371 e. The van der Waals surface area contributed by atoms with E-state index in [4.69, 9.17) is 0 Å². The van der Waals surface area contributed by atoms with Gasteiger partial charge in [-0.05, 0) is 105 Å². The molecule has 59 heavy (non-hydrogen) atoms. The van der Waals surface area contributed by atoms with Crippen LogP contribution in [0.4, 0.5) is 28.9 Å². The van der Waals surface area contributed by atoms with Gasteiger partial charge < -0.3 is 15.1 Å². The number of alkyl halides is 3. The average molecular weight is 807 g/mol. The Labute approximate surface area is 336 Å². The molecule has 5 heterocycles. The highest BCUT2D eigenvalue weighted by molar-refractivity contribution is 6.06. The molecule has 1 unspecified atom stereocenters. The van der Waals surface area contributed by atoms with Crippen LogP contribution in [0.2, 0.25) is 0 Å². The van der Waals surface area contributed by atoms with Crippen molar-refractivity contribution in [3.05, 3.63) is 124 Å². The second-order valence-electron chi connectivity index (χ2n) is 15.0. The van der Waals surface area contributed by atoms with Gasteiger partial charge in [-0.1, -0.05) is 12.0 Å². The number of imidazole rings is 1. The Hall–Kier alpha value is -6.60. The van der Waals surface area contributed by atoms with E-state index in [1.54, 1.807) is 58.2 Å². The fourth-order valence-corrected chi connectivity index (χ4v) is 7.97. The highest BCUT2D eigenvalue weighted by Gasteiger charge is 2.40. The van der Waals surface area contributed by atoms with E-state index in [1.165, 1.54) is 23.1 Å². The molecule has 3 aliphatic heterocycles. The zero-order valence-electron chi connectivity index (χ0n) is 32.1. The molecule has 1 atom stereocenters. The van der Waals surface area contributed by atoms with Crippen molar-refractivity contribution in [1.29, 1.82) is 0 Å². The number of nitrogens with one attached hydrogen (secondary N) is 2. The van der Waals surface area contributed by atoms with Crippen LogP contribution in [-0.4, -0.2) is 80.2 Å². The van der Waals surface area contributed by atoms with Crippen LogP contribution in [0.25, 0.3) is 5.65 Å². The number of piperidine rings is 2. The van der Waals surface area contributed by atoms with Gasteiger partial charge in [0.1, 0.15) is 17.6 Å². The molecular weight excluding hydrogens is 769 g/mol. The number of amides is 4. The first-order valence-electron chi connectivity index (χ1n) is 19.1. The van der Waals surface area contributed by atoms with Crippen LogP contribution >= 0.6 is 0 Å². The maximum atomic E-state index is 15.4. The molecule has 16 heteroatoms. The molecule has 0 saturated carbocycles. The number of halogens is 4. The Balaban J connectivity index is 0.910. The van der Waals surface area contributed by atoms with Gasteiger partial charge in [0.2, 0.25) is 11.8 Å². The summed E-state index contributed by atoms with van der Waals surface area (Å²) in [6.07, 6.45) is -0.172. The summed E-state index contributed by atoms with van der Waals surface area (Å²) in [7, 11) is 1.83. The lowest BCUT2D eigenvalue weighted by Crippen LogP contribution is -2.52. The summed E-state index contributed by atoms with van der Waals surface area (Å²) in [6.45, 7) is 2.78. The lowest BCUT2D eigenvalue weighted by atomic mass is 9.99. The topological polar surface area (TPSA) is 132 Å². The number of aromatic nitrogens is 3. The molecule has 3 aliphatic rings. The molecule has 0 radical (unpaired) electrons. The number of carbonyl (C=O) groups excluding carboxylic acids is 4. The molecule has 2 fully saturated rings. The van der Waals surface area contributed by atoms with E-state index < -0.39 is 47.2 Å². The van der Waals surface area contributed by atoms with Crippen LogP contribution in [0.1, 0.15) is 79.9 Å². The number of fused-ring (bicyclic) bond motifs is 2. The predicted octanol–water partition coefficient (Wildman–Crippen LogP) is 5.71. The third-order valence-electron chi connectivity index (χ3n) is 11.2. The summed E-state index contributed by atoms with van der Waals surface area (Å²) in [4.78, 5) is 59.7. The highest BCUT2D eigenvalue weighted by Crippen LogP contribution is 2.40. The third-order valence-corrected chi connectivity index (χ3v) is 11.2. The zero-order valence-corrected chi connectivity index (χ0v) is 32.1. The van der Waals surface area contributed by atoms with E-state index in [9.17, 15) is 32.3 Å². The van der Waals surface area contributed by atoms with Gasteiger partial charge in [0.25, 0.3) is 11.8 Å². The van der Waals surface area contributed by atoms with E-state index >= 15 is 4.39 Å². The number of aryl methyl sites for hydroxylation is 1. The molecule has 12 nitrogen and oxygen atoms in total. The molecule has 2 N–H and O–H groups in total. The molecule has 3 aromatic carbocycles. The van der Waals surface area contributed by atoms with E-state index in [0.29, 0.717) is 54.0 Å². The molecule has 8 rings (SSSR count). The van der Waals surface area contributed by atoms with Crippen LogP contribution < -0.4 is 15.5 Å². The van der Waals surface area contributed by atoms with Crippen molar-refractivity contribution in [1.82, 2.24) is 29.7 Å². The minimum atomic E-state index is -4.71. The summed E-state index contributed by atoms with van der Waals surface area (Å²) in [5, 5.41) is 9.12. The molecule has 4 amide bonds. The van der Waals surface area contributed by atoms with E-state index in [-0.39, 0.29) is 54.5 Å². The Kier molecular flexibility index (Phi) is 10.4. The van der Waals surface area contributed by atoms with Gasteiger partial charge >= 0.3 is 6.18 Å². The first-order chi connectivity index (χ1) is 28.2. The third kappa shape index (κ3) is 7.98. The van der Waals surface area contributed by atoms with Gasteiger partial charge in [0, 0.05) is 78.5 Å². The van der Waals surface area contributed by atoms with Crippen molar-refractivity contribution in [2.75, 3.05) is 30.4 Å². The maximum absolute atomic E-state index is 15.4. The van der Waals surface area contributed by atoms with E-state index in [1.807, 2.05) is 18.9 Å². The standard InChI is InChI=1S/C43H38F4N8O4/c1-25-5-6-27(18-26(25)7-9-32-22-48-38-4-3-15-49-55(32)38)40(57)50-30-8-10-36(34(20-30)43(45,46)47)53-16-13-31(14-17-53)52(2)23-29-19-28-24-54(42(59)33(28)21-35(29)44)37-11-12-39(56)51-41(37)58/h3-6,8,10,15,18-22,31,37H,11-14,16-17,23-24H2,1-2H3,(H,50,57)(H,51,56,58). The van der Waals surface area contributed by atoms with Crippen molar-refractivity contribution in [2.24, 2.45) is 0 Å². The van der Waals surface area contributed by atoms with Crippen molar-refractivity contribution in [3.63, 3.8) is 0 Å². The largest absolute Gasteiger partial charge is 0.418 e. The van der Waals surface area contributed by atoms with Gasteiger partial charge in [-0.25, -0.2) is 13.9 Å². The van der Waals surface area contributed by atoms with Crippen LogP contribution in [0.15, 0.2) is 73.1 Å². The Bertz CT molecular complexity index is 2590. The summed E-state index contributed by atoms with van der Waals surface area (Å²) in [6, 6.07) is 14.2. The Morgan fingerprint density at radius 1 is 1.02 bits per heavy atom. The lowest BCUT2D eigenvalue weighted by molar-refractivity contribution is -0.138. The van der Waals surface area contributed by atoms with Gasteiger partial charge in [-0.15, -0.1) is 0 Å². The number of benzene rings is 3. The van der Waals surface area contributed by atoms with Crippen LogP contribution in [0, 0.1) is 24.6 Å². The lowest BCUT2D eigenvalue weighted by Gasteiger charge is -2.39. The fourth-order valence-electron chi connectivity index (χ4n) is 7.97. The molecule has 0 bridgehead atoms. The number of carbonyl (C=O) groups is 4. The molecule has 302 valence electrons. The number of hydrogen-bond donors (Lipinski definition) is 2. The quantitative estimate of drug-likeness (QED) is 0.122. The molecule has 2 saturated heterocycles. The molecule has 5 aromatic rings. The van der Waals surface area contributed by atoms with Gasteiger partial charge in [0.15, 0.2) is 5.65 Å². The first kappa shape index (κ1) is 39.2. The van der Waals surface area contributed by atoms with Crippen LogP contribution in [-0.2, 0) is 28.9 Å².